The fourth-order valence-electron chi connectivity index (χ4n) is 1.71. The van der Waals surface area contributed by atoms with E-state index in [9.17, 15) is 9.59 Å². The minimum absolute atomic E-state index is 0.0509. The van der Waals surface area contributed by atoms with E-state index in [1.165, 1.54) is 0 Å². The second-order valence-corrected chi connectivity index (χ2v) is 3.51. The molecule has 1 aliphatic heterocycles. The summed E-state index contributed by atoms with van der Waals surface area (Å²) in [5.41, 5.74) is 5.08. The molecule has 1 atom stereocenters. The van der Waals surface area contributed by atoms with E-state index in [-0.39, 0.29) is 5.91 Å². The zero-order valence-electron chi connectivity index (χ0n) is 6.82. The summed E-state index contributed by atoms with van der Waals surface area (Å²) < 4.78 is 0. The number of rotatable bonds is 2. The Morgan fingerprint density at radius 2 is 2.08 bits per heavy atom. The Hall–Kier alpha value is -1.06. The molecule has 1 saturated carbocycles. The first kappa shape index (κ1) is 7.58. The Bertz CT molecular complexity index is 235. The number of primary amides is 1. The van der Waals surface area contributed by atoms with Gasteiger partial charge < -0.3 is 10.6 Å². The molecule has 1 unspecified atom stereocenters. The minimum Gasteiger partial charge on any atom is -0.369 e. The molecular weight excluding hydrogens is 156 g/mol. The molecule has 0 bridgehead atoms. The Kier molecular flexibility index (Phi) is 1.56. The molecule has 0 aromatic heterocycles. The fourth-order valence-corrected chi connectivity index (χ4v) is 1.71. The van der Waals surface area contributed by atoms with Crippen LogP contribution in [-0.4, -0.2) is 29.3 Å². The van der Waals surface area contributed by atoms with Crippen molar-refractivity contribution < 1.29 is 9.59 Å². The van der Waals surface area contributed by atoms with Crippen molar-refractivity contribution in [2.24, 2.45) is 11.7 Å². The van der Waals surface area contributed by atoms with Crippen molar-refractivity contribution >= 4 is 11.8 Å². The van der Waals surface area contributed by atoms with Crippen LogP contribution in [0, 0.1) is 5.92 Å². The molecule has 2 amide bonds. The van der Waals surface area contributed by atoms with Crippen LogP contribution in [0.15, 0.2) is 0 Å². The molecule has 4 heteroatoms. The molecular formula is C8H12N2O2. The molecule has 2 aliphatic rings. The van der Waals surface area contributed by atoms with Gasteiger partial charge in [-0.2, -0.15) is 0 Å². The number of hydrogen-bond donors (Lipinski definition) is 1. The average molecular weight is 168 g/mol. The Morgan fingerprint density at radius 3 is 2.50 bits per heavy atom. The van der Waals surface area contributed by atoms with Gasteiger partial charge in [-0.05, 0) is 19.3 Å². The summed E-state index contributed by atoms with van der Waals surface area (Å²) in [6, 6.07) is 0.418. The fraction of sp³-hybridized carbons (Fsp3) is 0.750. The van der Waals surface area contributed by atoms with E-state index in [2.05, 4.69) is 0 Å². The highest BCUT2D eigenvalue weighted by Crippen LogP contribution is 2.32. The van der Waals surface area contributed by atoms with Crippen molar-refractivity contribution in [3.8, 4) is 0 Å². The summed E-state index contributed by atoms with van der Waals surface area (Å²) in [4.78, 5) is 24.0. The van der Waals surface area contributed by atoms with Gasteiger partial charge in [0.25, 0.3) is 0 Å². The highest BCUT2D eigenvalue weighted by atomic mass is 16.2. The predicted octanol–water partition coefficient (Wildman–Crippen LogP) is -0.517. The van der Waals surface area contributed by atoms with E-state index in [1.807, 2.05) is 0 Å². The molecule has 0 aromatic carbocycles. The van der Waals surface area contributed by atoms with Crippen LogP contribution in [0.5, 0.6) is 0 Å². The molecule has 2 fully saturated rings. The van der Waals surface area contributed by atoms with Crippen LogP contribution in [0.25, 0.3) is 0 Å². The molecule has 66 valence electrons. The zero-order chi connectivity index (χ0) is 8.72. The summed E-state index contributed by atoms with van der Waals surface area (Å²) in [5.74, 6) is -1.06. The van der Waals surface area contributed by atoms with E-state index in [4.69, 9.17) is 5.73 Å². The number of carbonyl (C=O) groups is 2. The van der Waals surface area contributed by atoms with E-state index in [0.29, 0.717) is 12.5 Å². The number of carbonyl (C=O) groups excluding carboxylic acids is 2. The van der Waals surface area contributed by atoms with Crippen LogP contribution in [0.2, 0.25) is 0 Å². The minimum atomic E-state index is -0.536. The van der Waals surface area contributed by atoms with Crippen LogP contribution in [0.4, 0.5) is 0 Å². The van der Waals surface area contributed by atoms with Gasteiger partial charge in [0, 0.05) is 12.6 Å². The SMILES string of the molecule is NC(=O)C1CCN(C2CC2)C1=O. The van der Waals surface area contributed by atoms with Crippen molar-refractivity contribution in [3.63, 3.8) is 0 Å². The molecule has 1 aliphatic carbocycles. The van der Waals surface area contributed by atoms with Crippen molar-refractivity contribution in [3.05, 3.63) is 0 Å². The largest absolute Gasteiger partial charge is 0.369 e. The maximum absolute atomic E-state index is 11.5. The van der Waals surface area contributed by atoms with E-state index in [0.717, 1.165) is 19.4 Å². The summed E-state index contributed by atoms with van der Waals surface area (Å²) in [6.07, 6.45) is 2.80. The molecule has 4 nitrogen and oxygen atoms in total. The Balaban J connectivity index is 2.05. The molecule has 2 N–H and O–H groups in total. The number of hydrogen-bond acceptors (Lipinski definition) is 2. The number of nitrogens with zero attached hydrogens (tertiary/aromatic N) is 1. The monoisotopic (exact) mass is 168 g/mol. The maximum atomic E-state index is 11.5. The second kappa shape index (κ2) is 2.47. The molecule has 2 rings (SSSR count). The predicted molar refractivity (Wildman–Crippen MR) is 42.0 cm³/mol. The van der Waals surface area contributed by atoms with Crippen LogP contribution in [0.1, 0.15) is 19.3 Å². The first-order chi connectivity index (χ1) is 5.70. The first-order valence-corrected chi connectivity index (χ1v) is 4.30. The quantitative estimate of drug-likeness (QED) is 0.564. The standard InChI is InChI=1S/C8H12N2O2/c9-7(11)6-3-4-10(8(6)12)5-1-2-5/h5-6H,1-4H2,(H2,9,11). The normalized spacial score (nSPS) is 29.5. The molecule has 12 heavy (non-hydrogen) atoms. The van der Waals surface area contributed by atoms with Gasteiger partial charge >= 0.3 is 0 Å². The first-order valence-electron chi connectivity index (χ1n) is 4.30. The van der Waals surface area contributed by atoms with Gasteiger partial charge in [0.2, 0.25) is 11.8 Å². The van der Waals surface area contributed by atoms with Crippen molar-refractivity contribution in [1.29, 1.82) is 0 Å². The third kappa shape index (κ3) is 1.07. The second-order valence-electron chi connectivity index (χ2n) is 3.51. The van der Waals surface area contributed by atoms with Crippen molar-refractivity contribution in [2.75, 3.05) is 6.54 Å². The lowest BCUT2D eigenvalue weighted by molar-refractivity contribution is -0.136. The van der Waals surface area contributed by atoms with Gasteiger partial charge in [0.05, 0.1) is 0 Å². The van der Waals surface area contributed by atoms with E-state index >= 15 is 0 Å². The summed E-state index contributed by atoms with van der Waals surface area (Å²) >= 11 is 0. The molecule has 0 radical (unpaired) electrons. The molecule has 0 aromatic rings. The number of likely N-dealkylation sites (tertiary alicyclic amines) is 1. The summed E-state index contributed by atoms with van der Waals surface area (Å²) in [7, 11) is 0. The third-order valence-electron chi connectivity index (χ3n) is 2.57. The topological polar surface area (TPSA) is 63.4 Å². The maximum Gasteiger partial charge on any atom is 0.235 e. The van der Waals surface area contributed by atoms with Crippen molar-refractivity contribution in [2.45, 2.75) is 25.3 Å². The molecule has 1 saturated heterocycles. The number of amides is 2. The lowest BCUT2D eigenvalue weighted by Crippen LogP contribution is -2.34. The molecule has 0 spiro atoms. The smallest absolute Gasteiger partial charge is 0.235 e. The highest BCUT2D eigenvalue weighted by Gasteiger charge is 2.42. The van der Waals surface area contributed by atoms with E-state index in [1.54, 1.807) is 4.90 Å². The van der Waals surface area contributed by atoms with E-state index < -0.39 is 11.8 Å². The van der Waals surface area contributed by atoms with Crippen molar-refractivity contribution in [1.82, 2.24) is 4.90 Å². The van der Waals surface area contributed by atoms with Crippen LogP contribution < -0.4 is 5.73 Å². The highest BCUT2D eigenvalue weighted by molar-refractivity contribution is 6.01. The van der Waals surface area contributed by atoms with Crippen LogP contribution in [0.3, 0.4) is 0 Å². The Morgan fingerprint density at radius 1 is 1.42 bits per heavy atom. The van der Waals surface area contributed by atoms with Gasteiger partial charge in [0.15, 0.2) is 0 Å². The van der Waals surface area contributed by atoms with Gasteiger partial charge in [-0.25, -0.2) is 0 Å². The Labute approximate surface area is 70.7 Å². The average Bonchev–Trinajstić information content (AvgIpc) is 2.75. The van der Waals surface area contributed by atoms with Gasteiger partial charge in [-0.15, -0.1) is 0 Å². The molecule has 1 heterocycles. The van der Waals surface area contributed by atoms with Crippen LogP contribution in [-0.2, 0) is 9.59 Å². The lowest BCUT2D eigenvalue weighted by Gasteiger charge is -2.14. The van der Waals surface area contributed by atoms with Gasteiger partial charge in [-0.3, -0.25) is 9.59 Å². The summed E-state index contributed by atoms with van der Waals surface area (Å²) in [6.45, 7) is 0.719. The third-order valence-corrected chi connectivity index (χ3v) is 2.57. The zero-order valence-corrected chi connectivity index (χ0v) is 6.82. The van der Waals surface area contributed by atoms with Crippen LogP contribution >= 0.6 is 0 Å². The van der Waals surface area contributed by atoms with Gasteiger partial charge in [0.1, 0.15) is 5.92 Å². The lowest BCUT2D eigenvalue weighted by atomic mass is 10.1. The van der Waals surface area contributed by atoms with Gasteiger partial charge in [-0.1, -0.05) is 0 Å². The number of nitrogens with two attached hydrogens (primary N) is 1. The summed E-state index contributed by atoms with van der Waals surface area (Å²) in [5, 5.41) is 0.